The molecule has 1 aliphatic heterocycles. The predicted molar refractivity (Wildman–Crippen MR) is 139 cm³/mol. The highest BCUT2D eigenvalue weighted by Crippen LogP contribution is 2.39. The molecule has 184 valence electrons. The molecular weight excluding hydrogens is 500 g/mol. The molecule has 0 saturated heterocycles. The van der Waals surface area contributed by atoms with Gasteiger partial charge in [0.05, 0.1) is 24.2 Å². The van der Waals surface area contributed by atoms with Gasteiger partial charge in [0.15, 0.2) is 6.10 Å². The number of benzene rings is 4. The Balaban J connectivity index is 1.42. The number of carbonyl (C=O) groups excluding carboxylic acids is 1. The third-order valence-electron chi connectivity index (χ3n) is 6.06. The number of methoxy groups -OCH3 is 1. The summed E-state index contributed by atoms with van der Waals surface area (Å²) in [5, 5.41) is 5.36. The first-order chi connectivity index (χ1) is 17.4. The fourth-order valence-corrected chi connectivity index (χ4v) is 5.84. The van der Waals surface area contributed by atoms with E-state index in [2.05, 4.69) is 5.32 Å². The molecule has 1 aliphatic rings. The Morgan fingerprint density at radius 2 is 1.81 bits per heavy atom. The van der Waals surface area contributed by atoms with Crippen LogP contribution in [-0.2, 0) is 21.4 Å². The number of ether oxygens (including phenoxy) is 2. The molecule has 0 saturated carbocycles. The van der Waals surface area contributed by atoms with Crippen LogP contribution in [0.5, 0.6) is 11.5 Å². The van der Waals surface area contributed by atoms with E-state index in [1.165, 1.54) is 29.6 Å². The number of amides is 1. The first kappa shape index (κ1) is 24.0. The second-order valence-electron chi connectivity index (χ2n) is 8.29. The number of hydrogen-bond donors (Lipinski definition) is 1. The second kappa shape index (κ2) is 9.72. The highest BCUT2D eigenvalue weighted by atomic mass is 35.5. The van der Waals surface area contributed by atoms with Gasteiger partial charge in [0.2, 0.25) is 0 Å². The lowest BCUT2D eigenvalue weighted by molar-refractivity contribution is -0.127. The summed E-state index contributed by atoms with van der Waals surface area (Å²) < 4.78 is 39.5. The summed E-state index contributed by atoms with van der Waals surface area (Å²) in [7, 11) is -2.52. The average Bonchev–Trinajstić information content (AvgIpc) is 2.91. The number of hydrogen-bond acceptors (Lipinski definition) is 5. The maximum atomic E-state index is 13.6. The number of rotatable bonds is 6. The van der Waals surface area contributed by atoms with Crippen molar-refractivity contribution in [2.75, 3.05) is 18.0 Å². The maximum Gasteiger partial charge on any atom is 0.264 e. The van der Waals surface area contributed by atoms with E-state index in [4.69, 9.17) is 21.1 Å². The zero-order valence-corrected chi connectivity index (χ0v) is 20.9. The van der Waals surface area contributed by atoms with Gasteiger partial charge in [0.25, 0.3) is 15.9 Å². The molecule has 4 aromatic rings. The molecular formula is C27H23ClN2O5S. The van der Waals surface area contributed by atoms with Crippen LogP contribution >= 0.6 is 11.6 Å². The van der Waals surface area contributed by atoms with Crippen LogP contribution in [0.15, 0.2) is 89.8 Å². The van der Waals surface area contributed by atoms with Gasteiger partial charge in [0, 0.05) is 11.6 Å². The number of anilines is 1. The van der Waals surface area contributed by atoms with E-state index in [1.807, 2.05) is 42.5 Å². The zero-order chi connectivity index (χ0) is 25.3. The molecule has 36 heavy (non-hydrogen) atoms. The lowest BCUT2D eigenvalue weighted by atomic mass is 10.0. The van der Waals surface area contributed by atoms with Crippen LogP contribution in [0.4, 0.5) is 5.69 Å². The molecule has 1 atom stereocenters. The van der Waals surface area contributed by atoms with Crippen LogP contribution in [0.3, 0.4) is 0 Å². The van der Waals surface area contributed by atoms with Crippen molar-refractivity contribution in [2.45, 2.75) is 17.5 Å². The Labute approximate surface area is 214 Å². The Morgan fingerprint density at radius 1 is 1.06 bits per heavy atom. The van der Waals surface area contributed by atoms with E-state index in [-0.39, 0.29) is 29.4 Å². The third kappa shape index (κ3) is 4.57. The second-order valence-corrected chi connectivity index (χ2v) is 10.6. The largest absolute Gasteiger partial charge is 0.497 e. The monoisotopic (exact) mass is 522 g/mol. The van der Waals surface area contributed by atoms with Crippen LogP contribution < -0.4 is 19.1 Å². The van der Waals surface area contributed by atoms with Crippen LogP contribution in [0, 0.1) is 0 Å². The Morgan fingerprint density at radius 3 is 2.58 bits per heavy atom. The molecule has 0 radical (unpaired) electrons. The molecule has 0 aromatic heterocycles. The molecule has 5 rings (SSSR count). The van der Waals surface area contributed by atoms with Gasteiger partial charge in [-0.05, 0) is 58.8 Å². The van der Waals surface area contributed by atoms with E-state index >= 15 is 0 Å². The smallest absolute Gasteiger partial charge is 0.264 e. The lowest BCUT2D eigenvalue weighted by Gasteiger charge is -2.35. The molecule has 0 spiro atoms. The topological polar surface area (TPSA) is 84.9 Å². The van der Waals surface area contributed by atoms with E-state index in [1.54, 1.807) is 24.3 Å². The van der Waals surface area contributed by atoms with Crippen molar-refractivity contribution in [3.05, 3.63) is 95.5 Å². The number of halogens is 1. The van der Waals surface area contributed by atoms with E-state index in [0.29, 0.717) is 10.8 Å². The summed E-state index contributed by atoms with van der Waals surface area (Å²) in [5.41, 5.74) is 1.23. The predicted octanol–water partition coefficient (Wildman–Crippen LogP) is 4.77. The number of sulfonamides is 1. The number of carbonyl (C=O) groups is 1. The summed E-state index contributed by atoms with van der Waals surface area (Å²) >= 11 is 6.17. The van der Waals surface area contributed by atoms with Gasteiger partial charge >= 0.3 is 0 Å². The number of nitrogens with zero attached hydrogens (tertiary/aromatic N) is 1. The van der Waals surface area contributed by atoms with Gasteiger partial charge in [-0.3, -0.25) is 9.10 Å². The fraction of sp³-hybridized carbons (Fsp3) is 0.148. The number of nitrogens with one attached hydrogen (secondary N) is 1. The first-order valence-electron chi connectivity index (χ1n) is 11.2. The lowest BCUT2D eigenvalue weighted by Crippen LogP contribution is -2.50. The normalized spacial score (nSPS) is 15.2. The van der Waals surface area contributed by atoms with Crippen molar-refractivity contribution in [2.24, 2.45) is 0 Å². The Kier molecular flexibility index (Phi) is 6.47. The standard InChI is InChI=1S/C27H23ClN2O5S/c1-34-21-10-12-22(13-11-21)36(32,33)30-17-26(35-25-14-9-20(28)15-24(25)30)27(31)29-16-19-7-4-6-18-5-2-3-8-23(18)19/h2-15,26H,16-17H2,1H3,(H,29,31)/t26-/m1/s1. The molecule has 7 nitrogen and oxygen atoms in total. The molecule has 0 unspecified atom stereocenters. The van der Waals surface area contributed by atoms with Crippen molar-refractivity contribution >= 4 is 44.0 Å². The fourth-order valence-electron chi connectivity index (χ4n) is 4.21. The Hall–Kier alpha value is -3.75. The molecule has 0 aliphatic carbocycles. The molecule has 1 amide bonds. The molecule has 9 heteroatoms. The molecule has 0 fully saturated rings. The van der Waals surface area contributed by atoms with Crippen LogP contribution in [0.25, 0.3) is 10.8 Å². The van der Waals surface area contributed by atoms with Gasteiger partial charge in [0.1, 0.15) is 11.5 Å². The van der Waals surface area contributed by atoms with Crippen LogP contribution in [-0.4, -0.2) is 34.1 Å². The highest BCUT2D eigenvalue weighted by molar-refractivity contribution is 7.92. The molecule has 1 heterocycles. The van der Waals surface area contributed by atoms with Crippen molar-refractivity contribution in [1.82, 2.24) is 5.32 Å². The summed E-state index contributed by atoms with van der Waals surface area (Å²) in [6, 6.07) is 24.5. The zero-order valence-electron chi connectivity index (χ0n) is 19.3. The summed E-state index contributed by atoms with van der Waals surface area (Å²) in [5.74, 6) is 0.372. The van der Waals surface area contributed by atoms with Gasteiger partial charge in [-0.25, -0.2) is 8.42 Å². The Bertz CT molecular complexity index is 1530. The summed E-state index contributed by atoms with van der Waals surface area (Å²) in [4.78, 5) is 13.2. The van der Waals surface area contributed by atoms with E-state index in [0.717, 1.165) is 16.3 Å². The number of fused-ring (bicyclic) bond motifs is 2. The maximum absolute atomic E-state index is 13.6. The first-order valence-corrected chi connectivity index (χ1v) is 13.1. The van der Waals surface area contributed by atoms with Crippen LogP contribution in [0.2, 0.25) is 5.02 Å². The molecule has 4 aromatic carbocycles. The quantitative estimate of drug-likeness (QED) is 0.394. The van der Waals surface area contributed by atoms with E-state index in [9.17, 15) is 13.2 Å². The minimum absolute atomic E-state index is 0.0611. The van der Waals surface area contributed by atoms with Crippen LogP contribution in [0.1, 0.15) is 5.56 Å². The van der Waals surface area contributed by atoms with Gasteiger partial charge in [-0.1, -0.05) is 54.1 Å². The van der Waals surface area contributed by atoms with Gasteiger partial charge < -0.3 is 14.8 Å². The van der Waals surface area contributed by atoms with Crippen molar-refractivity contribution < 1.29 is 22.7 Å². The minimum Gasteiger partial charge on any atom is -0.497 e. The van der Waals surface area contributed by atoms with Crippen molar-refractivity contribution in [3.63, 3.8) is 0 Å². The van der Waals surface area contributed by atoms with Gasteiger partial charge in [-0.2, -0.15) is 0 Å². The van der Waals surface area contributed by atoms with E-state index < -0.39 is 22.0 Å². The van der Waals surface area contributed by atoms with Gasteiger partial charge in [-0.15, -0.1) is 0 Å². The minimum atomic E-state index is -4.02. The SMILES string of the molecule is COc1ccc(S(=O)(=O)N2C[C@H](C(=O)NCc3cccc4ccccc34)Oc3ccc(Cl)cc32)cc1. The third-order valence-corrected chi connectivity index (χ3v) is 8.09. The summed E-state index contributed by atoms with van der Waals surface area (Å²) in [6.07, 6.45) is -1.05. The van der Waals surface area contributed by atoms with Crippen molar-refractivity contribution in [3.8, 4) is 11.5 Å². The highest BCUT2D eigenvalue weighted by Gasteiger charge is 2.37. The summed E-state index contributed by atoms with van der Waals surface area (Å²) in [6.45, 7) is 0.0713. The molecule has 1 N–H and O–H groups in total. The average molecular weight is 523 g/mol. The van der Waals surface area contributed by atoms with Crippen molar-refractivity contribution in [1.29, 1.82) is 0 Å². The molecule has 0 bridgehead atoms.